The number of aliphatic carboxylic acids is 1. The molecule has 0 amide bonds. The van der Waals surface area contributed by atoms with E-state index in [9.17, 15) is 9.90 Å². The highest BCUT2D eigenvalue weighted by Gasteiger charge is 2.48. The van der Waals surface area contributed by atoms with Crippen molar-refractivity contribution in [1.82, 2.24) is 0 Å². The highest BCUT2D eigenvalue weighted by atomic mass is 16.4. The van der Waals surface area contributed by atoms with Gasteiger partial charge in [0, 0.05) is 0 Å². The molecule has 2 unspecified atom stereocenters. The van der Waals surface area contributed by atoms with Crippen molar-refractivity contribution in [2.24, 2.45) is 11.5 Å². The maximum atomic E-state index is 10.7. The highest BCUT2D eigenvalue weighted by Crippen LogP contribution is 2.17. The normalized spacial score (nSPS) is 22.1. The predicted molar refractivity (Wildman–Crippen MR) is 47.3 cm³/mol. The zero-order valence-electron chi connectivity index (χ0n) is 7.84. The first-order chi connectivity index (χ1) is 6.22. The lowest BCUT2D eigenvalue weighted by molar-refractivity contribution is -0.153. The maximum absolute atomic E-state index is 10.7. The minimum absolute atomic E-state index is 0.652. The zero-order chi connectivity index (χ0) is 11.6. The monoisotopic (exact) mass is 208 g/mol. The Morgan fingerprint density at radius 3 is 2.00 bits per heavy atom. The Kier molecular flexibility index (Phi) is 3.98. The molecule has 84 valence electrons. The molecule has 8 N–H and O–H groups in total. The van der Waals surface area contributed by atoms with Gasteiger partial charge in [-0.05, 0) is 6.92 Å². The van der Waals surface area contributed by atoms with Crippen molar-refractivity contribution in [2.75, 3.05) is 13.2 Å². The smallest absolute Gasteiger partial charge is 0.328 e. The van der Waals surface area contributed by atoms with Crippen LogP contribution >= 0.6 is 0 Å². The molecule has 0 aliphatic carbocycles. The first-order valence-corrected chi connectivity index (χ1v) is 3.93. The van der Waals surface area contributed by atoms with Gasteiger partial charge in [-0.3, -0.25) is 4.79 Å². The summed E-state index contributed by atoms with van der Waals surface area (Å²) in [5.74, 6) is -1.59. The van der Waals surface area contributed by atoms with Gasteiger partial charge in [0.2, 0.25) is 0 Å². The molecule has 14 heavy (non-hydrogen) atoms. The average Bonchev–Trinajstić information content (AvgIpc) is 2.15. The number of carboxylic acid groups (broad SMARTS) is 1. The summed E-state index contributed by atoms with van der Waals surface area (Å²) in [6.07, 6.45) is -1.76. The van der Waals surface area contributed by atoms with Crippen LogP contribution in [0, 0.1) is 0 Å². The van der Waals surface area contributed by atoms with Gasteiger partial charge in [0.15, 0.2) is 5.54 Å². The van der Waals surface area contributed by atoms with Crippen LogP contribution in [0.2, 0.25) is 0 Å². The standard InChI is InChI=1S/C7H16N2O5/c1-6(8,2-10)4(12)7(9,3-11)5(13)14/h4,10-12H,2-3,8-9H2,1H3,(H,13,14)/t4?,6?,7-/m1/s1. The van der Waals surface area contributed by atoms with Crippen LogP contribution < -0.4 is 11.5 Å². The van der Waals surface area contributed by atoms with E-state index in [1.807, 2.05) is 0 Å². The van der Waals surface area contributed by atoms with E-state index in [2.05, 4.69) is 0 Å². The van der Waals surface area contributed by atoms with Crippen molar-refractivity contribution in [3.63, 3.8) is 0 Å². The maximum Gasteiger partial charge on any atom is 0.328 e. The van der Waals surface area contributed by atoms with Gasteiger partial charge in [-0.15, -0.1) is 0 Å². The Labute approximate surface area is 80.9 Å². The lowest BCUT2D eigenvalue weighted by Gasteiger charge is -2.37. The van der Waals surface area contributed by atoms with Gasteiger partial charge in [-0.2, -0.15) is 0 Å². The third kappa shape index (κ3) is 2.20. The van der Waals surface area contributed by atoms with Gasteiger partial charge < -0.3 is 31.9 Å². The van der Waals surface area contributed by atoms with Gasteiger partial charge >= 0.3 is 5.97 Å². The molecule has 0 aliphatic heterocycles. The van der Waals surface area contributed by atoms with Crippen LogP contribution in [0.15, 0.2) is 0 Å². The quantitative estimate of drug-likeness (QED) is 0.279. The van der Waals surface area contributed by atoms with Gasteiger partial charge in [-0.25, -0.2) is 0 Å². The largest absolute Gasteiger partial charge is 0.480 e. The Bertz CT molecular complexity index is 220. The van der Waals surface area contributed by atoms with Gasteiger partial charge in [-0.1, -0.05) is 0 Å². The van der Waals surface area contributed by atoms with E-state index >= 15 is 0 Å². The molecule has 0 bridgehead atoms. The van der Waals surface area contributed by atoms with Crippen molar-refractivity contribution >= 4 is 5.97 Å². The summed E-state index contributed by atoms with van der Waals surface area (Å²) in [5.41, 5.74) is 6.80. The minimum atomic E-state index is -2.27. The van der Waals surface area contributed by atoms with Crippen molar-refractivity contribution in [1.29, 1.82) is 0 Å². The number of carboxylic acids is 1. The fourth-order valence-electron chi connectivity index (χ4n) is 0.946. The van der Waals surface area contributed by atoms with Crippen LogP contribution in [0.1, 0.15) is 6.92 Å². The van der Waals surface area contributed by atoms with E-state index in [1.54, 1.807) is 0 Å². The fourth-order valence-corrected chi connectivity index (χ4v) is 0.946. The summed E-state index contributed by atoms with van der Waals surface area (Å²) < 4.78 is 0. The molecule has 0 saturated heterocycles. The number of hydrogen-bond acceptors (Lipinski definition) is 6. The fraction of sp³-hybridized carbons (Fsp3) is 0.857. The van der Waals surface area contributed by atoms with E-state index in [-0.39, 0.29) is 0 Å². The topological polar surface area (TPSA) is 150 Å². The molecule has 0 aliphatic rings. The predicted octanol–water partition coefficient (Wildman–Crippen LogP) is -3.17. The van der Waals surface area contributed by atoms with Crippen molar-refractivity contribution < 1.29 is 25.2 Å². The molecule has 0 aromatic heterocycles. The molecule has 0 heterocycles. The number of carbonyl (C=O) groups is 1. The Morgan fingerprint density at radius 2 is 1.79 bits per heavy atom. The Hall–Kier alpha value is -0.730. The van der Waals surface area contributed by atoms with Crippen molar-refractivity contribution in [2.45, 2.75) is 24.1 Å². The molecule has 0 spiro atoms. The molecule has 0 aromatic rings. The number of aliphatic hydroxyl groups excluding tert-OH is 3. The van der Waals surface area contributed by atoms with Crippen LogP contribution in [0.5, 0.6) is 0 Å². The first kappa shape index (κ1) is 13.3. The van der Waals surface area contributed by atoms with Gasteiger partial charge in [0.25, 0.3) is 0 Å². The summed E-state index contributed by atoms with van der Waals surface area (Å²) in [6, 6.07) is 0. The Balaban J connectivity index is 4.97. The van der Waals surface area contributed by atoms with Crippen LogP contribution in [0.3, 0.4) is 0 Å². The second-order valence-electron chi connectivity index (χ2n) is 3.57. The molecule has 7 nitrogen and oxygen atoms in total. The third-order valence-electron chi connectivity index (χ3n) is 2.11. The molecule has 7 heteroatoms. The molecule has 0 fully saturated rings. The van der Waals surface area contributed by atoms with Gasteiger partial charge in [0.1, 0.15) is 6.10 Å². The second-order valence-corrected chi connectivity index (χ2v) is 3.57. The van der Waals surface area contributed by atoms with E-state index in [1.165, 1.54) is 6.92 Å². The lowest BCUT2D eigenvalue weighted by atomic mass is 9.82. The molecule has 0 rings (SSSR count). The van der Waals surface area contributed by atoms with E-state index < -0.39 is 36.4 Å². The summed E-state index contributed by atoms with van der Waals surface area (Å²) in [5, 5.41) is 35.8. The SMILES string of the molecule is CC(N)(CO)C(O)[C@](N)(CO)C(=O)O. The second kappa shape index (κ2) is 4.20. The number of aliphatic hydroxyl groups is 3. The van der Waals surface area contributed by atoms with Crippen LogP contribution in [-0.2, 0) is 4.79 Å². The summed E-state index contributed by atoms with van der Waals surface area (Å²) in [4.78, 5) is 10.7. The Morgan fingerprint density at radius 1 is 1.36 bits per heavy atom. The molecular weight excluding hydrogens is 192 g/mol. The van der Waals surface area contributed by atoms with E-state index in [0.29, 0.717) is 0 Å². The lowest BCUT2D eigenvalue weighted by Crippen LogP contribution is -2.70. The minimum Gasteiger partial charge on any atom is -0.480 e. The molecule has 3 atom stereocenters. The number of rotatable bonds is 5. The van der Waals surface area contributed by atoms with Crippen LogP contribution in [0.4, 0.5) is 0 Å². The summed E-state index contributed by atoms with van der Waals surface area (Å²) >= 11 is 0. The summed E-state index contributed by atoms with van der Waals surface area (Å²) in [6.45, 7) is -0.394. The van der Waals surface area contributed by atoms with E-state index in [0.717, 1.165) is 0 Å². The molecule has 0 saturated carbocycles. The van der Waals surface area contributed by atoms with E-state index in [4.69, 9.17) is 26.8 Å². The molecule has 0 aromatic carbocycles. The van der Waals surface area contributed by atoms with Gasteiger partial charge in [0.05, 0.1) is 18.8 Å². The van der Waals surface area contributed by atoms with Crippen molar-refractivity contribution in [3.05, 3.63) is 0 Å². The third-order valence-corrected chi connectivity index (χ3v) is 2.11. The molecular formula is C7H16N2O5. The number of hydrogen-bond donors (Lipinski definition) is 6. The highest BCUT2D eigenvalue weighted by molar-refractivity contribution is 5.79. The summed E-state index contributed by atoms with van der Waals surface area (Å²) in [7, 11) is 0. The zero-order valence-corrected chi connectivity index (χ0v) is 7.84. The first-order valence-electron chi connectivity index (χ1n) is 3.93. The molecule has 0 radical (unpaired) electrons. The van der Waals surface area contributed by atoms with Crippen LogP contribution in [-0.4, -0.2) is 56.8 Å². The average molecular weight is 208 g/mol. The van der Waals surface area contributed by atoms with Crippen molar-refractivity contribution in [3.8, 4) is 0 Å². The number of nitrogens with two attached hydrogens (primary N) is 2. The van der Waals surface area contributed by atoms with Crippen LogP contribution in [0.25, 0.3) is 0 Å².